The van der Waals surface area contributed by atoms with E-state index in [-0.39, 0.29) is 166 Å². The Hall–Kier alpha value is -11.5. The number of rotatable bonds is 48. The molecule has 4 aromatic carbocycles. The Morgan fingerprint density at radius 1 is 0.483 bits per heavy atom. The molecule has 0 bridgehead atoms. The molecule has 0 aliphatic carbocycles. The lowest BCUT2D eigenvalue weighted by molar-refractivity contribution is -0.144. The minimum Gasteiger partial charge on any atom is -0.480 e. The van der Waals surface area contributed by atoms with Gasteiger partial charge in [0, 0.05) is 129 Å². The van der Waals surface area contributed by atoms with E-state index in [1.165, 1.54) is 44.7 Å². The maximum atomic E-state index is 13.9. The number of likely N-dealkylation sites (tertiary alicyclic amines) is 3. The monoisotopic (exact) mass is 2010 g/mol. The lowest BCUT2D eigenvalue weighted by Gasteiger charge is -2.39. The number of amides is 7. The van der Waals surface area contributed by atoms with Gasteiger partial charge in [0.05, 0.1) is 122 Å². The molecule has 14 rings (SSSR count). The number of carboxylic acids is 1. The average molecular weight is 2010 g/mol. The first-order valence-electron chi connectivity index (χ1n) is 48.6. The van der Waals surface area contributed by atoms with E-state index in [1.54, 1.807) is 71.5 Å². The zero-order chi connectivity index (χ0) is 102. The third-order valence-corrected chi connectivity index (χ3v) is 27.2. The molecule has 10 heterocycles. The highest BCUT2D eigenvalue weighted by atomic mass is 32.1. The minimum absolute atomic E-state index is 0.0215. The number of carbonyl (C=O) groups excluding carboxylic acids is 9. The Balaban J connectivity index is 0.000000214. The molecular formula is C102H136N18O21S2. The number of aliphatic hydroxyl groups is 4. The number of fused-ring (bicyclic) bond motifs is 2. The van der Waals surface area contributed by atoms with E-state index in [9.17, 15) is 68.4 Å². The van der Waals surface area contributed by atoms with Crippen LogP contribution in [0.5, 0.6) is 0 Å². The summed E-state index contributed by atoms with van der Waals surface area (Å²) < 4.78 is 32.0. The van der Waals surface area contributed by atoms with Gasteiger partial charge in [-0.15, -0.1) is 22.7 Å². The molecule has 12 N–H and O–H groups in total. The van der Waals surface area contributed by atoms with Crippen molar-refractivity contribution >= 4 is 93.2 Å². The largest absolute Gasteiger partial charge is 0.480 e. The van der Waals surface area contributed by atoms with Crippen LogP contribution in [0.15, 0.2) is 133 Å². The number of hydrogen-bond acceptors (Lipinski definition) is 33. The Bertz CT molecular complexity index is 5520. The van der Waals surface area contributed by atoms with E-state index in [1.807, 2.05) is 95.3 Å². The fraction of sp³-hybridized carbons (Fsp3) is 0.529. The highest BCUT2D eigenvalue weighted by Gasteiger charge is 2.47. The molecule has 39 nitrogen and oxygen atoms in total. The van der Waals surface area contributed by atoms with Gasteiger partial charge in [-0.25, -0.2) is 34.7 Å². The molecule has 4 fully saturated rings. The van der Waals surface area contributed by atoms with Crippen LogP contribution in [0.2, 0.25) is 0 Å². The fourth-order valence-corrected chi connectivity index (χ4v) is 18.8. The van der Waals surface area contributed by atoms with Crippen LogP contribution in [0.1, 0.15) is 146 Å². The molecule has 8 aromatic rings. The second-order valence-electron chi connectivity index (χ2n) is 38.7. The first-order chi connectivity index (χ1) is 68.6. The number of aromatic nitrogens is 6. The van der Waals surface area contributed by atoms with Gasteiger partial charge in [0.15, 0.2) is 11.6 Å². The number of carboxylic acid groups (broad SMARTS) is 1. The molecular weight excluding hydrogens is 1880 g/mol. The lowest BCUT2D eigenvalue weighted by atomic mass is 9.85. The van der Waals surface area contributed by atoms with Crippen molar-refractivity contribution in [2.75, 3.05) is 155 Å². The number of ether oxygens (including phenoxy) is 6. The van der Waals surface area contributed by atoms with Gasteiger partial charge in [0.25, 0.3) is 0 Å². The van der Waals surface area contributed by atoms with Crippen LogP contribution in [-0.4, -0.2) is 344 Å². The number of Topliss-reactive ketones (excluding diaryl/α,β-unsaturated/α-hetero) is 2. The lowest BCUT2D eigenvalue weighted by Crippen LogP contribution is -2.58. The third kappa shape index (κ3) is 34.3. The highest BCUT2D eigenvalue weighted by molar-refractivity contribution is 7.13. The van der Waals surface area contributed by atoms with Crippen molar-refractivity contribution in [1.82, 2.24) is 81.0 Å². The summed E-state index contributed by atoms with van der Waals surface area (Å²) in [5.41, 5.74) is 14.0. The van der Waals surface area contributed by atoms with Crippen LogP contribution in [0.3, 0.4) is 0 Å². The molecule has 4 saturated heterocycles. The third-order valence-electron chi connectivity index (χ3n) is 25.2. The van der Waals surface area contributed by atoms with Gasteiger partial charge in [-0.1, -0.05) is 139 Å². The molecule has 0 unspecified atom stereocenters. The number of benzene rings is 4. The van der Waals surface area contributed by atoms with Crippen LogP contribution >= 0.6 is 22.7 Å². The summed E-state index contributed by atoms with van der Waals surface area (Å²) >= 11 is 3.13. The van der Waals surface area contributed by atoms with Crippen molar-refractivity contribution in [2.24, 2.45) is 10.8 Å². The van der Waals surface area contributed by atoms with Gasteiger partial charge in [-0.05, 0) is 94.9 Å². The maximum Gasteiger partial charge on any atom is 0.329 e. The predicted octanol–water partition coefficient (Wildman–Crippen LogP) is 5.38. The Kier molecular flexibility index (Phi) is 42.0. The summed E-state index contributed by atoms with van der Waals surface area (Å²) in [4.78, 5) is 165. The van der Waals surface area contributed by atoms with E-state index in [4.69, 9.17) is 33.5 Å². The molecule has 0 spiro atoms. The van der Waals surface area contributed by atoms with E-state index in [0.29, 0.717) is 62.4 Å². The van der Waals surface area contributed by atoms with Crippen LogP contribution in [0, 0.1) is 24.7 Å². The van der Waals surface area contributed by atoms with Gasteiger partial charge < -0.3 is 106 Å². The van der Waals surface area contributed by atoms with E-state index < -0.39 is 95.6 Å². The summed E-state index contributed by atoms with van der Waals surface area (Å²) in [6.45, 7) is 22.5. The second kappa shape index (κ2) is 54.4. The number of nitrogens with zero attached hydrogens (tertiary/aromatic N) is 11. The van der Waals surface area contributed by atoms with Crippen molar-refractivity contribution in [1.29, 1.82) is 0 Å². The highest BCUT2D eigenvalue weighted by Crippen LogP contribution is 2.33. The molecule has 8 atom stereocenters. The zero-order valence-electron chi connectivity index (χ0n) is 82.5. The van der Waals surface area contributed by atoms with Crippen molar-refractivity contribution in [3.8, 4) is 20.9 Å². The predicted molar refractivity (Wildman–Crippen MR) is 534 cm³/mol. The number of carbonyl (C=O) groups is 10. The standard InChI is InChI=1S/C51H67N9O10S.C30H42N4O9S.C21H27N5O2/c1-33-47(71-32-55-33)36-11-9-34(10-12-36)23-52-49(66)42-21-40(62)28-60(42)50(67)48(51(2,3)4)57-45(64)29-69-19-17-68-18-20-70-30-46(65)59-25-38(26-59)56-44-22-41(53-31-54-44)43(63)14-13-39(61)27-58-16-15-35-7-5-6-8-37(35)24-58;1-19-26(44-18-32-19)21-7-5-20(6-8-21)14-31-28(39)23-13-22(35)15-34(23)29(40)27(30(2,3)4)33-24(36)16-42-11-9-41-10-12-43-17-25(37)38;27-18(13-26-8-7-15-3-1-2-4-16(15)12-26)5-6-20(28)19-9-21(24-14-23-19)25-17-10-22-11-17/h5-12,22,31-32,38-40,42,48,61-62H,13-21,23-30H2,1-4H3,(H,52,66)(H,57,64)(H,53,54,56);5-8,18,22-23,27,35H,9-17H2,1-4H3,(H,31,39)(H,33,36)(H,37,38);1-4,9,14,17-18,22,27H,5-8,10-13H2,(H,23,24,25)/t39-,40+,42-,48+;22-,23+,27-;18-/m010/s1. The van der Waals surface area contributed by atoms with Crippen LogP contribution in [0.25, 0.3) is 20.9 Å². The van der Waals surface area contributed by atoms with E-state index in [2.05, 4.69) is 113 Å². The van der Waals surface area contributed by atoms with Gasteiger partial charge in [0.2, 0.25) is 41.4 Å². The number of thiazole rings is 2. The van der Waals surface area contributed by atoms with Gasteiger partial charge >= 0.3 is 5.97 Å². The molecule has 6 aliphatic heterocycles. The van der Waals surface area contributed by atoms with Crippen molar-refractivity contribution in [3.63, 3.8) is 0 Å². The molecule has 772 valence electrons. The number of nitrogens with one attached hydrogen (secondary N) is 7. The summed E-state index contributed by atoms with van der Waals surface area (Å²) in [6, 6.07) is 32.3. The van der Waals surface area contributed by atoms with Crippen molar-refractivity contribution in [2.45, 2.75) is 194 Å². The number of aryl methyl sites for hydroxylation is 2. The first kappa shape index (κ1) is 110. The van der Waals surface area contributed by atoms with Gasteiger partial charge in [-0.3, -0.25) is 53.0 Å². The van der Waals surface area contributed by atoms with Crippen LogP contribution < -0.4 is 37.2 Å². The van der Waals surface area contributed by atoms with Crippen LogP contribution in [0.4, 0.5) is 11.6 Å². The normalized spacial score (nSPS) is 17.9. The summed E-state index contributed by atoms with van der Waals surface area (Å²) in [5.74, 6) is -3.02. The molecule has 6 aliphatic rings. The minimum atomic E-state index is -1.06. The maximum absolute atomic E-state index is 13.9. The quantitative estimate of drug-likeness (QED) is 0.0168. The van der Waals surface area contributed by atoms with Crippen molar-refractivity contribution < 1.29 is 102 Å². The van der Waals surface area contributed by atoms with Gasteiger partial charge in [-0.2, -0.15) is 0 Å². The molecule has 0 saturated carbocycles. The van der Waals surface area contributed by atoms with E-state index >= 15 is 0 Å². The summed E-state index contributed by atoms with van der Waals surface area (Å²) in [6.07, 6.45) is 3.21. The number of ketones is 2. The number of β-amino-alcohol motifs (C(OH)–C–C–N with tert-alkyl or cyclic N) is 4. The Morgan fingerprint density at radius 3 is 1.26 bits per heavy atom. The fourth-order valence-electron chi connectivity index (χ4n) is 17.2. The Labute approximate surface area is 841 Å². The first-order valence-corrected chi connectivity index (χ1v) is 50.4. The SMILES string of the molecule is Cc1ncsc1-c1ccc(CNC(=O)[C@@H]2C[C@@H](O)CN2C(=O)[C@@H](NC(=O)COCCOCCOCC(=O)N2CC(Nc3cc(C(=O)CC[C@H](O)CN4CCc5ccccc5C4)ncn3)C2)C(C)(C)C)cc1.Cc1ncsc1-c1ccc(CNC(=O)[C@@H]2C[C@@H](O)CN2C(=O)[C@@H](NC(=O)COCCOCCOCC(=O)O)C(C)(C)C)cc1.O=C(CC[C@H](O)CN1CCc2ccccc2C1)c1cc(NC2CNC2)ncn1. The Morgan fingerprint density at radius 2 is 0.874 bits per heavy atom. The molecule has 7 amide bonds. The number of aliphatic hydroxyl groups excluding tert-OH is 4. The average Bonchev–Trinajstić information content (AvgIpc) is 1.65. The zero-order valence-corrected chi connectivity index (χ0v) is 84.2. The van der Waals surface area contributed by atoms with E-state index in [0.717, 1.165) is 95.5 Å². The molecule has 0 radical (unpaired) electrons. The van der Waals surface area contributed by atoms with Crippen LogP contribution in [-0.2, 0) is 106 Å². The number of aliphatic carboxylic acids is 1. The summed E-state index contributed by atoms with van der Waals surface area (Å²) in [5, 5.41) is 71.6. The smallest absolute Gasteiger partial charge is 0.329 e. The number of hydrogen-bond donors (Lipinski definition) is 12. The number of anilines is 2. The van der Waals surface area contributed by atoms with Gasteiger partial charge in [0.1, 0.15) is 86.3 Å². The summed E-state index contributed by atoms with van der Waals surface area (Å²) in [7, 11) is 0. The topological polar surface area (TPSA) is 505 Å². The molecule has 143 heavy (non-hydrogen) atoms. The van der Waals surface area contributed by atoms with Crippen molar-refractivity contribution in [3.05, 3.63) is 189 Å². The molecule has 4 aromatic heterocycles. The second-order valence-corrected chi connectivity index (χ2v) is 40.4. The molecule has 41 heteroatoms.